The van der Waals surface area contributed by atoms with Gasteiger partial charge in [-0.05, 0) is 30.2 Å². The monoisotopic (exact) mass is 266 g/mol. The zero-order chi connectivity index (χ0) is 14.4. The minimum absolute atomic E-state index is 0.0170. The lowest BCUT2D eigenvalue weighted by Crippen LogP contribution is -2.10. The Kier molecular flexibility index (Phi) is 4.75. The molecule has 2 aromatic carbocycles. The number of ether oxygens (including phenoxy) is 1. The third-order valence-electron chi connectivity index (χ3n) is 3.21. The Balaban J connectivity index is 2.13. The highest BCUT2D eigenvalue weighted by atomic mass is 16.5. The molecule has 2 rings (SSSR count). The van der Waals surface area contributed by atoms with Gasteiger partial charge in [-0.3, -0.25) is 0 Å². The van der Waals surface area contributed by atoms with Crippen LogP contribution in [0.3, 0.4) is 0 Å². The molecule has 0 bridgehead atoms. The average molecular weight is 266 g/mol. The summed E-state index contributed by atoms with van der Waals surface area (Å²) in [5.41, 5.74) is 8.73. The first-order chi connectivity index (χ1) is 9.74. The molecule has 0 aliphatic carbocycles. The lowest BCUT2D eigenvalue weighted by atomic mass is 10.0. The van der Waals surface area contributed by atoms with Crippen molar-refractivity contribution < 1.29 is 4.74 Å². The van der Waals surface area contributed by atoms with Crippen LogP contribution in [0.5, 0.6) is 5.75 Å². The van der Waals surface area contributed by atoms with E-state index in [1.807, 2.05) is 42.5 Å². The number of nitrogens with two attached hydrogens (primary N) is 1. The van der Waals surface area contributed by atoms with Crippen LogP contribution in [0.2, 0.25) is 0 Å². The summed E-state index contributed by atoms with van der Waals surface area (Å²) in [6, 6.07) is 17.4. The normalized spacial score (nSPS) is 11.7. The van der Waals surface area contributed by atoms with Gasteiger partial charge in [-0.25, -0.2) is 0 Å². The molecule has 0 heterocycles. The Morgan fingerprint density at radius 2 is 2.00 bits per heavy atom. The van der Waals surface area contributed by atoms with Crippen molar-refractivity contribution in [3.05, 3.63) is 65.2 Å². The number of rotatable bonds is 5. The Morgan fingerprint density at radius 3 is 2.75 bits per heavy atom. The van der Waals surface area contributed by atoms with Crippen LogP contribution in [-0.2, 0) is 6.61 Å². The van der Waals surface area contributed by atoms with Gasteiger partial charge in [0.25, 0.3) is 0 Å². The lowest BCUT2D eigenvalue weighted by Gasteiger charge is -2.15. The summed E-state index contributed by atoms with van der Waals surface area (Å²) in [5.74, 6) is 0.809. The third-order valence-corrected chi connectivity index (χ3v) is 3.21. The highest BCUT2D eigenvalue weighted by Gasteiger charge is 2.09. The first-order valence-corrected chi connectivity index (χ1v) is 6.71. The Bertz CT molecular complexity index is 616. The molecule has 2 N–H and O–H groups in total. The van der Waals surface area contributed by atoms with E-state index in [0.717, 1.165) is 23.3 Å². The van der Waals surface area contributed by atoms with Crippen molar-refractivity contribution >= 4 is 0 Å². The fraction of sp³-hybridized carbons (Fsp3) is 0.235. The van der Waals surface area contributed by atoms with Gasteiger partial charge in [-0.2, -0.15) is 5.26 Å². The fourth-order valence-corrected chi connectivity index (χ4v) is 2.03. The number of hydrogen-bond donors (Lipinski definition) is 1. The Morgan fingerprint density at radius 1 is 1.20 bits per heavy atom. The molecule has 0 aliphatic rings. The maximum Gasteiger partial charge on any atom is 0.124 e. The second-order valence-corrected chi connectivity index (χ2v) is 4.65. The van der Waals surface area contributed by atoms with E-state index in [4.69, 9.17) is 15.7 Å². The molecule has 0 amide bonds. The van der Waals surface area contributed by atoms with Crippen molar-refractivity contribution in [2.24, 2.45) is 5.73 Å². The van der Waals surface area contributed by atoms with Crippen LogP contribution >= 0.6 is 0 Å². The molecule has 2 aromatic rings. The molecule has 0 fully saturated rings. The molecular formula is C17H18N2O. The van der Waals surface area contributed by atoms with Crippen molar-refractivity contribution in [3.63, 3.8) is 0 Å². The molecule has 3 heteroatoms. The first-order valence-electron chi connectivity index (χ1n) is 6.71. The first kappa shape index (κ1) is 14.1. The van der Waals surface area contributed by atoms with Crippen LogP contribution in [0.15, 0.2) is 48.5 Å². The molecule has 102 valence electrons. The second-order valence-electron chi connectivity index (χ2n) is 4.65. The maximum atomic E-state index is 8.89. The molecule has 0 aromatic heterocycles. The SMILES string of the molecule is CC[C@H](N)c1ccccc1OCc1cccc(C#N)c1. The van der Waals surface area contributed by atoms with Crippen molar-refractivity contribution in [2.45, 2.75) is 26.0 Å². The van der Waals surface area contributed by atoms with Crippen molar-refractivity contribution in [1.29, 1.82) is 5.26 Å². The fourth-order valence-electron chi connectivity index (χ4n) is 2.03. The van der Waals surface area contributed by atoms with E-state index in [0.29, 0.717) is 12.2 Å². The van der Waals surface area contributed by atoms with Crippen LogP contribution in [0, 0.1) is 11.3 Å². The predicted molar refractivity (Wildman–Crippen MR) is 79.2 cm³/mol. The number of nitriles is 1. The van der Waals surface area contributed by atoms with Gasteiger partial charge < -0.3 is 10.5 Å². The van der Waals surface area contributed by atoms with Crippen LogP contribution in [-0.4, -0.2) is 0 Å². The zero-order valence-corrected chi connectivity index (χ0v) is 11.5. The van der Waals surface area contributed by atoms with E-state index in [2.05, 4.69) is 13.0 Å². The summed E-state index contributed by atoms with van der Waals surface area (Å²) in [4.78, 5) is 0. The number of hydrogen-bond acceptors (Lipinski definition) is 3. The largest absolute Gasteiger partial charge is 0.489 e. The minimum Gasteiger partial charge on any atom is -0.489 e. The molecule has 0 saturated carbocycles. The quantitative estimate of drug-likeness (QED) is 0.900. The standard InChI is InChI=1S/C17H18N2O/c1-2-16(19)15-8-3-4-9-17(15)20-12-14-7-5-6-13(10-14)11-18/h3-10,16H,2,12,19H2,1H3/t16-/m0/s1. The van der Waals surface area contributed by atoms with Gasteiger partial charge in [0.05, 0.1) is 11.6 Å². The highest BCUT2D eigenvalue weighted by Crippen LogP contribution is 2.26. The summed E-state index contributed by atoms with van der Waals surface area (Å²) in [7, 11) is 0. The highest BCUT2D eigenvalue weighted by molar-refractivity contribution is 5.37. The van der Waals surface area contributed by atoms with Crippen molar-refractivity contribution in [2.75, 3.05) is 0 Å². The summed E-state index contributed by atoms with van der Waals surface area (Å²) in [6.45, 7) is 2.49. The van der Waals surface area contributed by atoms with Crippen LogP contribution in [0.25, 0.3) is 0 Å². The average Bonchev–Trinajstić information content (AvgIpc) is 2.52. The molecule has 0 spiro atoms. The van der Waals surface area contributed by atoms with Crippen LogP contribution in [0.1, 0.15) is 36.1 Å². The van der Waals surface area contributed by atoms with Gasteiger partial charge in [0, 0.05) is 11.6 Å². The Hall–Kier alpha value is -2.31. The summed E-state index contributed by atoms with van der Waals surface area (Å²) >= 11 is 0. The number of benzene rings is 2. The van der Waals surface area contributed by atoms with Gasteiger partial charge in [-0.15, -0.1) is 0 Å². The molecule has 0 aliphatic heterocycles. The smallest absolute Gasteiger partial charge is 0.124 e. The van der Waals surface area contributed by atoms with E-state index in [-0.39, 0.29) is 6.04 Å². The third kappa shape index (κ3) is 3.37. The van der Waals surface area contributed by atoms with Gasteiger partial charge in [0.2, 0.25) is 0 Å². The molecule has 20 heavy (non-hydrogen) atoms. The van der Waals surface area contributed by atoms with Gasteiger partial charge >= 0.3 is 0 Å². The van der Waals surface area contributed by atoms with E-state index < -0.39 is 0 Å². The van der Waals surface area contributed by atoms with Gasteiger partial charge in [0.15, 0.2) is 0 Å². The van der Waals surface area contributed by atoms with Crippen LogP contribution < -0.4 is 10.5 Å². The van der Waals surface area contributed by atoms with E-state index >= 15 is 0 Å². The molecular weight excluding hydrogens is 248 g/mol. The topological polar surface area (TPSA) is 59.0 Å². The van der Waals surface area contributed by atoms with E-state index in [1.165, 1.54) is 0 Å². The van der Waals surface area contributed by atoms with E-state index in [9.17, 15) is 0 Å². The lowest BCUT2D eigenvalue weighted by molar-refractivity contribution is 0.300. The summed E-state index contributed by atoms with van der Waals surface area (Å²) in [5, 5.41) is 8.89. The van der Waals surface area contributed by atoms with Gasteiger partial charge in [0.1, 0.15) is 12.4 Å². The van der Waals surface area contributed by atoms with Crippen LogP contribution in [0.4, 0.5) is 0 Å². The summed E-state index contributed by atoms with van der Waals surface area (Å²) < 4.78 is 5.86. The maximum absolute atomic E-state index is 8.89. The molecule has 0 unspecified atom stereocenters. The minimum atomic E-state index is -0.0170. The Labute approximate surface area is 119 Å². The zero-order valence-electron chi connectivity index (χ0n) is 11.5. The van der Waals surface area contributed by atoms with Crippen molar-refractivity contribution in [1.82, 2.24) is 0 Å². The van der Waals surface area contributed by atoms with E-state index in [1.54, 1.807) is 6.07 Å². The summed E-state index contributed by atoms with van der Waals surface area (Å²) in [6.07, 6.45) is 0.865. The number of para-hydroxylation sites is 1. The number of nitrogens with zero attached hydrogens (tertiary/aromatic N) is 1. The van der Waals surface area contributed by atoms with Gasteiger partial charge in [-0.1, -0.05) is 37.3 Å². The van der Waals surface area contributed by atoms with Crippen molar-refractivity contribution in [3.8, 4) is 11.8 Å². The second kappa shape index (κ2) is 6.74. The molecule has 1 atom stereocenters. The molecule has 3 nitrogen and oxygen atoms in total. The predicted octanol–water partition coefficient (Wildman–Crippen LogP) is 3.55. The molecule has 0 saturated heterocycles. The molecule has 0 radical (unpaired) electrons.